The summed E-state index contributed by atoms with van der Waals surface area (Å²) in [4.78, 5) is 4.53. The Morgan fingerprint density at radius 1 is 1.24 bits per heavy atom. The molecule has 2 aromatic heterocycles. The topological polar surface area (TPSA) is 30.7 Å². The van der Waals surface area contributed by atoms with Crippen molar-refractivity contribution in [2.75, 3.05) is 0 Å². The van der Waals surface area contributed by atoms with Crippen molar-refractivity contribution in [2.45, 2.75) is 26.3 Å². The van der Waals surface area contributed by atoms with Crippen LogP contribution in [0.2, 0.25) is 0 Å². The van der Waals surface area contributed by atoms with Gasteiger partial charge in [0.25, 0.3) is 0 Å². The van der Waals surface area contributed by atoms with Crippen molar-refractivity contribution in [1.82, 2.24) is 14.8 Å². The number of rotatable bonds is 4. The lowest BCUT2D eigenvalue weighted by molar-refractivity contribution is 0.663. The molecule has 0 fully saturated rings. The molecular weight excluding hydrogens is 302 g/mol. The van der Waals surface area contributed by atoms with E-state index in [0.29, 0.717) is 5.88 Å². The van der Waals surface area contributed by atoms with Gasteiger partial charge in [0.05, 0.1) is 18.1 Å². The van der Waals surface area contributed by atoms with E-state index in [1.165, 1.54) is 16.8 Å². The molecule has 3 nitrogen and oxygen atoms in total. The smallest absolute Gasteiger partial charge is 0.123 e. The second-order valence-corrected chi connectivity index (χ2v) is 6.17. The molecule has 0 aliphatic carbocycles. The van der Waals surface area contributed by atoms with Crippen molar-refractivity contribution in [3.8, 4) is 10.6 Å². The Morgan fingerprint density at radius 2 is 2.10 bits per heavy atom. The van der Waals surface area contributed by atoms with Crippen molar-refractivity contribution in [1.29, 1.82) is 0 Å². The van der Waals surface area contributed by atoms with Gasteiger partial charge in [-0.05, 0) is 37.1 Å². The van der Waals surface area contributed by atoms with Crippen LogP contribution in [0.3, 0.4) is 0 Å². The molecule has 2 heterocycles. The molecular formula is C16H16ClN3S. The summed E-state index contributed by atoms with van der Waals surface area (Å²) in [5, 5.41) is 7.38. The average molecular weight is 318 g/mol. The molecule has 3 rings (SSSR count). The van der Waals surface area contributed by atoms with E-state index in [4.69, 9.17) is 11.6 Å². The van der Waals surface area contributed by atoms with Crippen LogP contribution in [0.25, 0.3) is 10.6 Å². The second-order valence-electron chi connectivity index (χ2n) is 5.05. The first-order chi connectivity index (χ1) is 10.2. The van der Waals surface area contributed by atoms with E-state index in [0.717, 1.165) is 22.8 Å². The van der Waals surface area contributed by atoms with Crippen molar-refractivity contribution in [3.63, 3.8) is 0 Å². The van der Waals surface area contributed by atoms with E-state index in [1.54, 1.807) is 11.3 Å². The fourth-order valence-corrected chi connectivity index (χ4v) is 3.28. The Hall–Kier alpha value is -1.65. The minimum absolute atomic E-state index is 0.464. The molecule has 0 aliphatic rings. The van der Waals surface area contributed by atoms with Gasteiger partial charge in [-0.15, -0.1) is 22.9 Å². The molecule has 0 atom stereocenters. The zero-order valence-corrected chi connectivity index (χ0v) is 13.6. The summed E-state index contributed by atoms with van der Waals surface area (Å²) in [6, 6.07) is 8.49. The summed E-state index contributed by atoms with van der Waals surface area (Å²) in [5.74, 6) is 0.464. The molecule has 0 radical (unpaired) electrons. The van der Waals surface area contributed by atoms with Crippen LogP contribution < -0.4 is 0 Å². The van der Waals surface area contributed by atoms with Gasteiger partial charge in [-0.3, -0.25) is 4.68 Å². The first-order valence-corrected chi connectivity index (χ1v) is 8.17. The number of aromatic nitrogens is 3. The summed E-state index contributed by atoms with van der Waals surface area (Å²) in [6.07, 6.45) is 1.84. The Labute approximate surface area is 133 Å². The van der Waals surface area contributed by atoms with Gasteiger partial charge in [-0.25, -0.2) is 4.98 Å². The Bertz CT molecular complexity index is 760. The molecule has 0 unspecified atom stereocenters. The fourth-order valence-electron chi connectivity index (χ4n) is 2.23. The molecule has 0 amide bonds. The second kappa shape index (κ2) is 6.00. The Kier molecular flexibility index (Phi) is 4.08. The normalized spacial score (nSPS) is 11.0. The number of aryl methyl sites for hydroxylation is 2. The molecule has 0 bridgehead atoms. The SMILES string of the molecule is Cc1cc(-c2nc(CCl)cs2)ccc1Cn1nccc1C. The highest BCUT2D eigenvalue weighted by atomic mass is 35.5. The van der Waals surface area contributed by atoms with Crippen molar-refractivity contribution < 1.29 is 0 Å². The van der Waals surface area contributed by atoms with Gasteiger partial charge < -0.3 is 0 Å². The maximum atomic E-state index is 5.81. The molecule has 5 heteroatoms. The maximum Gasteiger partial charge on any atom is 0.123 e. The fraction of sp³-hybridized carbons (Fsp3) is 0.250. The zero-order chi connectivity index (χ0) is 14.8. The number of hydrogen-bond acceptors (Lipinski definition) is 3. The molecule has 3 aromatic rings. The number of nitrogens with zero attached hydrogens (tertiary/aromatic N) is 3. The third-order valence-corrected chi connectivity index (χ3v) is 4.74. The lowest BCUT2D eigenvalue weighted by Gasteiger charge is -2.09. The molecule has 0 N–H and O–H groups in total. The van der Waals surface area contributed by atoms with Crippen LogP contribution in [0.15, 0.2) is 35.8 Å². The van der Waals surface area contributed by atoms with Gasteiger partial charge in [0.1, 0.15) is 5.01 Å². The molecule has 1 aromatic carbocycles. The van der Waals surface area contributed by atoms with E-state index in [9.17, 15) is 0 Å². The van der Waals surface area contributed by atoms with E-state index >= 15 is 0 Å². The van der Waals surface area contributed by atoms with Crippen LogP contribution in [-0.2, 0) is 12.4 Å². The minimum atomic E-state index is 0.464. The first kappa shape index (κ1) is 14.3. The average Bonchev–Trinajstić information content (AvgIpc) is 3.10. The zero-order valence-electron chi connectivity index (χ0n) is 12.0. The summed E-state index contributed by atoms with van der Waals surface area (Å²) in [5.41, 5.74) is 5.79. The monoisotopic (exact) mass is 317 g/mol. The van der Waals surface area contributed by atoms with E-state index in [-0.39, 0.29) is 0 Å². The summed E-state index contributed by atoms with van der Waals surface area (Å²) in [6.45, 7) is 5.00. The summed E-state index contributed by atoms with van der Waals surface area (Å²) >= 11 is 7.45. The molecule has 21 heavy (non-hydrogen) atoms. The largest absolute Gasteiger partial charge is 0.265 e. The molecule has 108 valence electrons. The van der Waals surface area contributed by atoms with Gasteiger partial charge in [0.15, 0.2) is 0 Å². The summed E-state index contributed by atoms with van der Waals surface area (Å²) < 4.78 is 2.01. The van der Waals surface area contributed by atoms with Gasteiger partial charge >= 0.3 is 0 Å². The van der Waals surface area contributed by atoms with Crippen molar-refractivity contribution in [3.05, 3.63) is 58.4 Å². The number of halogens is 1. The quantitative estimate of drug-likeness (QED) is 0.667. The molecule has 0 aliphatic heterocycles. The Morgan fingerprint density at radius 3 is 2.71 bits per heavy atom. The number of benzene rings is 1. The predicted molar refractivity (Wildman–Crippen MR) is 87.9 cm³/mol. The minimum Gasteiger partial charge on any atom is -0.265 e. The molecule has 0 saturated carbocycles. The van der Waals surface area contributed by atoms with Crippen LogP contribution in [0, 0.1) is 13.8 Å². The third-order valence-electron chi connectivity index (χ3n) is 3.53. The highest BCUT2D eigenvalue weighted by molar-refractivity contribution is 7.13. The highest BCUT2D eigenvalue weighted by Gasteiger charge is 2.08. The standard InChI is InChI=1S/C16H16ClN3S/c1-11-7-13(16-19-15(8-17)10-21-16)3-4-14(11)9-20-12(2)5-6-18-20/h3-7,10H,8-9H2,1-2H3. The number of alkyl halides is 1. The van der Waals surface area contributed by atoms with Gasteiger partial charge in [0, 0.05) is 22.8 Å². The number of thiazole rings is 1. The molecule has 0 saturated heterocycles. The van der Waals surface area contributed by atoms with Crippen LogP contribution in [0.1, 0.15) is 22.5 Å². The summed E-state index contributed by atoms with van der Waals surface area (Å²) in [7, 11) is 0. The lowest BCUT2D eigenvalue weighted by atomic mass is 10.1. The lowest BCUT2D eigenvalue weighted by Crippen LogP contribution is -2.05. The van der Waals surface area contributed by atoms with Crippen LogP contribution >= 0.6 is 22.9 Å². The van der Waals surface area contributed by atoms with E-state index in [1.807, 2.05) is 22.3 Å². The van der Waals surface area contributed by atoms with Gasteiger partial charge in [-0.1, -0.05) is 12.1 Å². The van der Waals surface area contributed by atoms with E-state index in [2.05, 4.69) is 42.1 Å². The van der Waals surface area contributed by atoms with Crippen LogP contribution in [-0.4, -0.2) is 14.8 Å². The Balaban J connectivity index is 1.87. The number of hydrogen-bond donors (Lipinski definition) is 0. The highest BCUT2D eigenvalue weighted by Crippen LogP contribution is 2.26. The van der Waals surface area contributed by atoms with Crippen molar-refractivity contribution in [2.24, 2.45) is 0 Å². The predicted octanol–water partition coefficient (Wildman–Crippen LogP) is 4.41. The van der Waals surface area contributed by atoms with Gasteiger partial charge in [-0.2, -0.15) is 5.10 Å². The maximum absolute atomic E-state index is 5.81. The third kappa shape index (κ3) is 3.01. The first-order valence-electron chi connectivity index (χ1n) is 6.76. The van der Waals surface area contributed by atoms with Gasteiger partial charge in [0.2, 0.25) is 0 Å². The van der Waals surface area contributed by atoms with Crippen LogP contribution in [0.5, 0.6) is 0 Å². The van der Waals surface area contributed by atoms with E-state index < -0.39 is 0 Å². The molecule has 0 spiro atoms. The van der Waals surface area contributed by atoms with Crippen LogP contribution in [0.4, 0.5) is 0 Å². The van der Waals surface area contributed by atoms with Crippen molar-refractivity contribution >= 4 is 22.9 Å².